The maximum atomic E-state index is 12.2. The lowest BCUT2D eigenvalue weighted by molar-refractivity contribution is -0.148. The van der Waals surface area contributed by atoms with E-state index in [2.05, 4.69) is 0 Å². The molecule has 1 aliphatic rings. The Balaban J connectivity index is 1.85. The van der Waals surface area contributed by atoms with E-state index < -0.39 is 0 Å². The second-order valence-corrected chi connectivity index (χ2v) is 5.47. The Morgan fingerprint density at radius 3 is 2.54 bits per heavy atom. The Labute approximate surface area is 141 Å². The molecule has 0 saturated carbocycles. The van der Waals surface area contributed by atoms with E-state index in [9.17, 15) is 9.59 Å². The van der Waals surface area contributed by atoms with Crippen molar-refractivity contribution in [1.82, 2.24) is 4.90 Å². The normalized spacial score (nSPS) is 15.1. The number of hydrogen-bond donors (Lipinski definition) is 0. The Hall–Kier alpha value is -2.81. The molecule has 0 radical (unpaired) electrons. The highest BCUT2D eigenvalue weighted by atomic mass is 16.5. The zero-order valence-corrected chi connectivity index (χ0v) is 13.6. The number of rotatable bonds is 5. The molecular formula is C18H20N2O4. The molecule has 1 saturated heterocycles. The summed E-state index contributed by atoms with van der Waals surface area (Å²) in [6.45, 7) is 1.13. The average Bonchev–Trinajstić information content (AvgIpc) is 2.64. The van der Waals surface area contributed by atoms with Crippen molar-refractivity contribution in [3.05, 3.63) is 35.9 Å². The molecule has 24 heavy (non-hydrogen) atoms. The number of nitrogens with zero attached hydrogens (tertiary/aromatic N) is 2. The highest BCUT2D eigenvalue weighted by Gasteiger charge is 2.26. The van der Waals surface area contributed by atoms with Gasteiger partial charge in [0.25, 0.3) is 0 Å². The molecule has 6 nitrogen and oxygen atoms in total. The number of benzene rings is 1. The van der Waals surface area contributed by atoms with Crippen molar-refractivity contribution in [2.45, 2.75) is 12.8 Å². The van der Waals surface area contributed by atoms with Gasteiger partial charge in [0.1, 0.15) is 11.8 Å². The molecule has 1 aromatic rings. The zero-order chi connectivity index (χ0) is 17.4. The lowest BCUT2D eigenvalue weighted by Gasteiger charge is -2.29. The summed E-state index contributed by atoms with van der Waals surface area (Å²) in [5.41, 5.74) is 0.872. The molecule has 1 aliphatic heterocycles. The molecule has 126 valence electrons. The summed E-state index contributed by atoms with van der Waals surface area (Å²) < 4.78 is 9.91. The number of ether oxygens (including phenoxy) is 2. The van der Waals surface area contributed by atoms with Crippen molar-refractivity contribution >= 4 is 18.0 Å². The van der Waals surface area contributed by atoms with Crippen molar-refractivity contribution < 1.29 is 19.1 Å². The quantitative estimate of drug-likeness (QED) is 0.610. The van der Waals surface area contributed by atoms with E-state index in [4.69, 9.17) is 14.7 Å². The first-order valence-electron chi connectivity index (χ1n) is 7.78. The second-order valence-electron chi connectivity index (χ2n) is 5.47. The summed E-state index contributed by atoms with van der Waals surface area (Å²) in [7, 11) is 1.39. The minimum Gasteiger partial charge on any atom is -0.479 e. The number of esters is 1. The summed E-state index contributed by atoms with van der Waals surface area (Å²) >= 11 is 0. The molecule has 1 fully saturated rings. The summed E-state index contributed by atoms with van der Waals surface area (Å²) in [5.74, 6) is 0.244. The zero-order valence-electron chi connectivity index (χ0n) is 13.6. The van der Waals surface area contributed by atoms with Crippen LogP contribution in [0, 0.1) is 17.2 Å². The van der Waals surface area contributed by atoms with Crippen molar-refractivity contribution in [2.24, 2.45) is 5.92 Å². The van der Waals surface area contributed by atoms with Gasteiger partial charge >= 0.3 is 5.97 Å². The van der Waals surface area contributed by atoms with Crippen LogP contribution in [0.15, 0.2) is 30.3 Å². The van der Waals surface area contributed by atoms with Gasteiger partial charge in [-0.2, -0.15) is 5.26 Å². The van der Waals surface area contributed by atoms with E-state index >= 15 is 0 Å². The van der Waals surface area contributed by atoms with Crippen LogP contribution in [-0.2, 0) is 14.3 Å². The van der Waals surface area contributed by atoms with Crippen LogP contribution >= 0.6 is 0 Å². The van der Waals surface area contributed by atoms with Crippen molar-refractivity contribution in [1.29, 1.82) is 5.26 Å². The standard InChI is InChI=1S/C18H20N2O4/c1-23-18(22)15-8-11-20(12-9-15)17(21)7-4-14-2-5-16(6-3-14)24-13-10-19/h2-7,15H,8-9,11-13H2,1H3/b7-4+. The van der Waals surface area contributed by atoms with E-state index in [1.165, 1.54) is 13.2 Å². The van der Waals surface area contributed by atoms with E-state index in [-0.39, 0.29) is 24.4 Å². The Kier molecular flexibility index (Phi) is 6.38. The number of piperidine rings is 1. The van der Waals surface area contributed by atoms with Crippen molar-refractivity contribution in [3.63, 3.8) is 0 Å². The first-order valence-corrected chi connectivity index (χ1v) is 7.78. The third kappa shape index (κ3) is 4.85. The minimum atomic E-state index is -0.198. The average molecular weight is 328 g/mol. The van der Waals surface area contributed by atoms with Gasteiger partial charge in [-0.1, -0.05) is 12.1 Å². The number of likely N-dealkylation sites (tertiary alicyclic amines) is 1. The lowest BCUT2D eigenvalue weighted by atomic mass is 9.97. The topological polar surface area (TPSA) is 79.6 Å². The molecule has 1 heterocycles. The van der Waals surface area contributed by atoms with Crippen LogP contribution in [0.4, 0.5) is 0 Å². The van der Waals surface area contributed by atoms with Gasteiger partial charge in [0, 0.05) is 19.2 Å². The third-order valence-corrected chi connectivity index (χ3v) is 3.94. The molecule has 0 unspecified atom stereocenters. The van der Waals surface area contributed by atoms with E-state index in [1.807, 2.05) is 18.2 Å². The summed E-state index contributed by atoms with van der Waals surface area (Å²) in [6, 6.07) is 9.05. The van der Waals surface area contributed by atoms with Gasteiger partial charge in [0.15, 0.2) is 6.61 Å². The van der Waals surface area contributed by atoms with Crippen LogP contribution in [0.3, 0.4) is 0 Å². The fourth-order valence-electron chi connectivity index (χ4n) is 2.57. The van der Waals surface area contributed by atoms with Crippen LogP contribution < -0.4 is 4.74 Å². The number of amides is 1. The SMILES string of the molecule is COC(=O)C1CCN(C(=O)/C=C/c2ccc(OCC#N)cc2)CC1. The van der Waals surface area contributed by atoms with Gasteiger partial charge < -0.3 is 14.4 Å². The number of carbonyl (C=O) groups excluding carboxylic acids is 2. The maximum Gasteiger partial charge on any atom is 0.308 e. The monoisotopic (exact) mass is 328 g/mol. The number of nitriles is 1. The molecule has 0 aromatic heterocycles. The summed E-state index contributed by atoms with van der Waals surface area (Å²) in [6.07, 6.45) is 4.54. The molecule has 0 spiro atoms. The van der Waals surface area contributed by atoms with E-state index in [0.29, 0.717) is 31.7 Å². The molecule has 1 aromatic carbocycles. The Morgan fingerprint density at radius 2 is 1.96 bits per heavy atom. The van der Waals surface area contributed by atoms with E-state index in [0.717, 1.165) is 5.56 Å². The summed E-state index contributed by atoms with van der Waals surface area (Å²) in [4.78, 5) is 25.4. The van der Waals surface area contributed by atoms with E-state index in [1.54, 1.807) is 23.1 Å². The minimum absolute atomic E-state index is 0.00913. The smallest absolute Gasteiger partial charge is 0.308 e. The van der Waals surface area contributed by atoms with Crippen molar-refractivity contribution in [2.75, 3.05) is 26.8 Å². The van der Waals surface area contributed by atoms with Crippen LogP contribution in [0.2, 0.25) is 0 Å². The van der Waals surface area contributed by atoms with Crippen LogP contribution in [0.5, 0.6) is 5.75 Å². The second kappa shape index (κ2) is 8.73. The first-order chi connectivity index (χ1) is 11.6. The fourth-order valence-corrected chi connectivity index (χ4v) is 2.57. The molecule has 0 aliphatic carbocycles. The Morgan fingerprint density at radius 1 is 1.29 bits per heavy atom. The number of carbonyl (C=O) groups is 2. The van der Waals surface area contributed by atoms with Crippen LogP contribution in [0.25, 0.3) is 6.08 Å². The van der Waals surface area contributed by atoms with Crippen LogP contribution in [0.1, 0.15) is 18.4 Å². The molecule has 0 atom stereocenters. The lowest BCUT2D eigenvalue weighted by Crippen LogP contribution is -2.39. The molecule has 1 amide bonds. The van der Waals surface area contributed by atoms with Gasteiger partial charge in [-0.05, 0) is 36.6 Å². The van der Waals surface area contributed by atoms with Gasteiger partial charge in [0.05, 0.1) is 13.0 Å². The molecule has 0 N–H and O–H groups in total. The first kappa shape index (κ1) is 17.5. The number of methoxy groups -OCH3 is 1. The fraction of sp³-hybridized carbons (Fsp3) is 0.389. The molecule has 6 heteroatoms. The predicted molar refractivity (Wildman–Crippen MR) is 87.9 cm³/mol. The van der Waals surface area contributed by atoms with Crippen molar-refractivity contribution in [3.8, 4) is 11.8 Å². The molecule has 0 bridgehead atoms. The molecular weight excluding hydrogens is 308 g/mol. The predicted octanol–water partition coefficient (Wildman–Crippen LogP) is 2.01. The third-order valence-electron chi connectivity index (χ3n) is 3.94. The maximum absolute atomic E-state index is 12.2. The highest BCUT2D eigenvalue weighted by Crippen LogP contribution is 2.19. The van der Waals surface area contributed by atoms with Gasteiger partial charge in [0.2, 0.25) is 5.91 Å². The molecule has 2 rings (SSSR count). The van der Waals surface area contributed by atoms with Crippen LogP contribution in [-0.4, -0.2) is 43.6 Å². The summed E-state index contributed by atoms with van der Waals surface area (Å²) in [5, 5.41) is 8.46. The Bertz CT molecular complexity index is 638. The largest absolute Gasteiger partial charge is 0.479 e. The van der Waals surface area contributed by atoms with Gasteiger partial charge in [-0.3, -0.25) is 9.59 Å². The number of hydrogen-bond acceptors (Lipinski definition) is 5. The highest BCUT2D eigenvalue weighted by molar-refractivity contribution is 5.92. The van der Waals surface area contributed by atoms with Gasteiger partial charge in [-0.25, -0.2) is 0 Å². The van der Waals surface area contributed by atoms with Gasteiger partial charge in [-0.15, -0.1) is 0 Å².